The Bertz CT molecular complexity index is 2200. The van der Waals surface area contributed by atoms with Crippen LogP contribution in [0.2, 0.25) is 5.02 Å². The average molecular weight is 725 g/mol. The van der Waals surface area contributed by atoms with E-state index in [9.17, 15) is 27.6 Å². The van der Waals surface area contributed by atoms with Gasteiger partial charge in [0.1, 0.15) is 18.3 Å². The molecule has 1 saturated heterocycles. The number of halogens is 4. The molecule has 4 aromatic heterocycles. The molecule has 5 aromatic rings. The van der Waals surface area contributed by atoms with Gasteiger partial charge in [0, 0.05) is 57.3 Å². The van der Waals surface area contributed by atoms with Gasteiger partial charge in [-0.25, -0.2) is 4.98 Å². The molecule has 0 atom stereocenters. The SMILES string of the molecule is CCc1c(N2CCN(C(=O)c3cnn(C)c3)CC2)c(=O)n2nc(-c3ccnc(OC4CC4)c3)nc2n1CC(=O)Nc1ccc(C(F)(F)F)cc1Cl. The van der Waals surface area contributed by atoms with Crippen molar-refractivity contribution in [1.82, 2.24) is 38.8 Å². The summed E-state index contributed by atoms with van der Waals surface area (Å²) in [6.45, 7) is 2.75. The van der Waals surface area contributed by atoms with Crippen LogP contribution in [0.5, 0.6) is 5.88 Å². The number of carbonyl (C=O) groups is 2. The summed E-state index contributed by atoms with van der Waals surface area (Å²) in [5.74, 6) is -0.126. The number of nitrogens with zero attached hydrogens (tertiary/aromatic N) is 9. The number of aromatic nitrogens is 7. The van der Waals surface area contributed by atoms with Crippen LogP contribution < -0.4 is 20.5 Å². The van der Waals surface area contributed by atoms with Gasteiger partial charge in [-0.15, -0.1) is 5.10 Å². The number of rotatable bonds is 9. The molecular formula is C33H32ClF3N10O4. The quantitative estimate of drug-likeness (QED) is 0.238. The predicted octanol–water partition coefficient (Wildman–Crippen LogP) is 4.06. The van der Waals surface area contributed by atoms with Crippen LogP contribution in [0.4, 0.5) is 24.5 Å². The van der Waals surface area contributed by atoms with Crippen molar-refractivity contribution in [1.29, 1.82) is 0 Å². The van der Waals surface area contributed by atoms with Gasteiger partial charge in [0.05, 0.1) is 33.7 Å². The second kappa shape index (κ2) is 13.4. The highest BCUT2D eigenvalue weighted by Gasteiger charge is 2.32. The summed E-state index contributed by atoms with van der Waals surface area (Å²) < 4.78 is 49.8. The van der Waals surface area contributed by atoms with Crippen LogP contribution in [0.25, 0.3) is 17.2 Å². The zero-order valence-electron chi connectivity index (χ0n) is 27.5. The second-order valence-corrected chi connectivity index (χ2v) is 12.7. The lowest BCUT2D eigenvalue weighted by Crippen LogP contribution is -2.50. The molecule has 0 unspecified atom stereocenters. The van der Waals surface area contributed by atoms with Crippen molar-refractivity contribution in [3.05, 3.63) is 81.1 Å². The summed E-state index contributed by atoms with van der Waals surface area (Å²) in [5, 5.41) is 10.9. The Hall–Kier alpha value is -5.45. The molecule has 0 bridgehead atoms. The van der Waals surface area contributed by atoms with E-state index in [4.69, 9.17) is 16.3 Å². The average Bonchev–Trinajstić information content (AvgIpc) is 3.61. The summed E-state index contributed by atoms with van der Waals surface area (Å²) in [5.41, 5.74) is 0.353. The molecule has 266 valence electrons. The highest BCUT2D eigenvalue weighted by molar-refractivity contribution is 6.33. The Balaban J connectivity index is 1.25. The van der Waals surface area contributed by atoms with Crippen LogP contribution in [0.1, 0.15) is 41.4 Å². The first-order valence-corrected chi connectivity index (χ1v) is 16.6. The van der Waals surface area contributed by atoms with Crippen molar-refractivity contribution < 1.29 is 27.5 Å². The summed E-state index contributed by atoms with van der Waals surface area (Å²) in [6.07, 6.45) is 2.38. The summed E-state index contributed by atoms with van der Waals surface area (Å²) in [6, 6.07) is 6.02. The third-order valence-electron chi connectivity index (χ3n) is 8.67. The van der Waals surface area contributed by atoms with E-state index in [1.54, 1.807) is 45.7 Å². The van der Waals surface area contributed by atoms with E-state index >= 15 is 0 Å². The number of fused-ring (bicyclic) bond motifs is 1. The molecule has 51 heavy (non-hydrogen) atoms. The van der Waals surface area contributed by atoms with Crippen molar-refractivity contribution in [2.45, 2.75) is 45.0 Å². The van der Waals surface area contributed by atoms with E-state index in [-0.39, 0.29) is 40.9 Å². The fourth-order valence-electron chi connectivity index (χ4n) is 5.99. The largest absolute Gasteiger partial charge is 0.474 e. The second-order valence-electron chi connectivity index (χ2n) is 12.3. The Kier molecular flexibility index (Phi) is 8.91. The number of amides is 2. The number of piperazine rings is 1. The lowest BCUT2D eigenvalue weighted by atomic mass is 10.2. The van der Waals surface area contributed by atoms with E-state index in [1.165, 1.54) is 6.20 Å². The first kappa shape index (κ1) is 34.0. The van der Waals surface area contributed by atoms with Crippen molar-refractivity contribution in [3.63, 3.8) is 0 Å². The fraction of sp³-hybridized carbons (Fsp3) is 0.364. The number of ether oxygens (including phenoxy) is 1. The molecule has 1 aliphatic heterocycles. The van der Waals surface area contributed by atoms with Gasteiger partial charge in [-0.3, -0.25) is 19.1 Å². The number of nitrogens with one attached hydrogen (secondary N) is 1. The normalized spacial score (nSPS) is 15.0. The minimum absolute atomic E-state index is 0.0125. The fourth-order valence-corrected chi connectivity index (χ4v) is 6.22. The van der Waals surface area contributed by atoms with Gasteiger partial charge in [-0.1, -0.05) is 18.5 Å². The van der Waals surface area contributed by atoms with Gasteiger partial charge in [-0.2, -0.15) is 27.8 Å². The molecule has 7 rings (SSSR count). The molecule has 5 heterocycles. The van der Waals surface area contributed by atoms with Crippen LogP contribution in [0, 0.1) is 0 Å². The van der Waals surface area contributed by atoms with Crippen molar-refractivity contribution >= 4 is 40.6 Å². The third kappa shape index (κ3) is 6.97. The monoisotopic (exact) mass is 724 g/mol. The Morgan fingerprint density at radius 1 is 1.10 bits per heavy atom. The van der Waals surface area contributed by atoms with Crippen LogP contribution in [0.15, 0.2) is 53.7 Å². The minimum Gasteiger partial charge on any atom is -0.474 e. The molecule has 1 N–H and O–H groups in total. The lowest BCUT2D eigenvalue weighted by Gasteiger charge is -2.36. The minimum atomic E-state index is -4.61. The maximum absolute atomic E-state index is 14.3. The number of anilines is 2. The lowest BCUT2D eigenvalue weighted by molar-refractivity contribution is -0.137. The van der Waals surface area contributed by atoms with Crippen LogP contribution in [-0.2, 0) is 31.0 Å². The Morgan fingerprint density at radius 2 is 1.86 bits per heavy atom. The highest BCUT2D eigenvalue weighted by Crippen LogP contribution is 2.34. The molecule has 14 nitrogen and oxygen atoms in total. The number of aryl methyl sites for hydroxylation is 1. The number of carbonyl (C=O) groups excluding carboxylic acids is 2. The van der Waals surface area contributed by atoms with Gasteiger partial charge in [0.25, 0.3) is 11.5 Å². The first-order chi connectivity index (χ1) is 24.4. The van der Waals surface area contributed by atoms with Crippen LogP contribution in [-0.4, -0.2) is 82.9 Å². The van der Waals surface area contributed by atoms with E-state index in [0.717, 1.165) is 35.6 Å². The molecule has 18 heteroatoms. The van der Waals surface area contributed by atoms with Crippen LogP contribution >= 0.6 is 11.6 Å². The van der Waals surface area contributed by atoms with Gasteiger partial charge < -0.3 is 24.4 Å². The number of pyridine rings is 1. The molecule has 2 fully saturated rings. The molecule has 0 spiro atoms. The number of hydrogen-bond acceptors (Lipinski definition) is 9. The van der Waals surface area contributed by atoms with Gasteiger partial charge in [0.2, 0.25) is 17.6 Å². The Labute approximate surface area is 293 Å². The van der Waals surface area contributed by atoms with E-state index < -0.39 is 23.2 Å². The van der Waals surface area contributed by atoms with Crippen LogP contribution in [0.3, 0.4) is 0 Å². The number of hydrogen-bond donors (Lipinski definition) is 1. The van der Waals surface area contributed by atoms with Crippen molar-refractivity contribution in [2.75, 3.05) is 36.4 Å². The first-order valence-electron chi connectivity index (χ1n) is 16.2. The third-order valence-corrected chi connectivity index (χ3v) is 8.99. The van der Waals surface area contributed by atoms with E-state index in [2.05, 4.69) is 25.5 Å². The van der Waals surface area contributed by atoms with Gasteiger partial charge >= 0.3 is 6.18 Å². The molecular weight excluding hydrogens is 693 g/mol. The molecule has 1 aromatic carbocycles. The summed E-state index contributed by atoms with van der Waals surface area (Å²) in [7, 11) is 1.73. The zero-order valence-corrected chi connectivity index (χ0v) is 28.3. The molecule has 2 aliphatic rings. The van der Waals surface area contributed by atoms with Crippen molar-refractivity contribution in [2.24, 2.45) is 7.05 Å². The van der Waals surface area contributed by atoms with E-state index in [0.29, 0.717) is 61.0 Å². The summed E-state index contributed by atoms with van der Waals surface area (Å²) >= 11 is 6.13. The predicted molar refractivity (Wildman–Crippen MR) is 180 cm³/mol. The topological polar surface area (TPSA) is 145 Å². The maximum Gasteiger partial charge on any atom is 0.416 e. The molecule has 2 amide bonds. The smallest absolute Gasteiger partial charge is 0.416 e. The van der Waals surface area contributed by atoms with Gasteiger partial charge in [0.15, 0.2) is 5.82 Å². The maximum atomic E-state index is 14.3. The Morgan fingerprint density at radius 3 is 2.51 bits per heavy atom. The standard InChI is InChI=1S/C33H32ClF3N10O4/c1-3-25-28(44-10-12-45(13-11-44)30(49)20-16-39-43(2)17-20)31(50)47-32(41-29(42-47)19-8-9-38-27(14-19)51-22-5-6-22)46(25)18-26(48)40-24-7-4-21(15-23(24)34)33(35,36)37/h4,7-9,14-17,22H,3,5-6,10-13,18H2,1-2H3,(H,40,48). The summed E-state index contributed by atoms with van der Waals surface area (Å²) in [4.78, 5) is 53.4. The number of alkyl halides is 3. The highest BCUT2D eigenvalue weighted by atomic mass is 35.5. The van der Waals surface area contributed by atoms with Gasteiger partial charge in [-0.05, 0) is 43.5 Å². The van der Waals surface area contributed by atoms with Crippen molar-refractivity contribution in [3.8, 4) is 17.3 Å². The molecule has 0 radical (unpaired) electrons. The zero-order chi connectivity index (χ0) is 36.0. The van der Waals surface area contributed by atoms with E-state index in [1.807, 2.05) is 11.8 Å². The number of benzene rings is 1. The molecule has 1 saturated carbocycles. The molecule has 1 aliphatic carbocycles.